The number of amides is 2. The molecule has 1 N–H and O–H groups in total. The number of hydrogen-bond donors (Lipinski definition) is 1. The number of rotatable bonds is 6. The van der Waals surface area contributed by atoms with E-state index in [-0.39, 0.29) is 18.1 Å². The first-order valence-electron chi connectivity index (χ1n) is 8.28. The van der Waals surface area contributed by atoms with Gasteiger partial charge in [0.25, 0.3) is 5.91 Å². The number of ether oxygens (including phenoxy) is 1. The van der Waals surface area contributed by atoms with Crippen molar-refractivity contribution in [1.82, 2.24) is 4.90 Å². The lowest BCUT2D eigenvalue weighted by Gasteiger charge is -2.20. The maximum atomic E-state index is 12.3. The number of carbonyl (C=O) groups is 3. The van der Waals surface area contributed by atoms with Gasteiger partial charge in [0, 0.05) is 24.9 Å². The van der Waals surface area contributed by atoms with Crippen molar-refractivity contribution in [3.63, 3.8) is 0 Å². The summed E-state index contributed by atoms with van der Waals surface area (Å²) in [6.07, 6.45) is 0.0137. The molecule has 0 unspecified atom stereocenters. The second-order valence-electron chi connectivity index (χ2n) is 6.07. The zero-order chi connectivity index (χ0) is 20.0. The summed E-state index contributed by atoms with van der Waals surface area (Å²) in [5.41, 5.74) is 1.46. The molecule has 0 saturated carbocycles. The monoisotopic (exact) mass is 371 g/mol. The highest BCUT2D eigenvalue weighted by Gasteiger charge is 2.26. The number of pyridine rings is 1. The minimum absolute atomic E-state index is 0.207. The van der Waals surface area contributed by atoms with Gasteiger partial charge in [-0.05, 0) is 32.0 Å². The molecule has 0 saturated heterocycles. The summed E-state index contributed by atoms with van der Waals surface area (Å²) in [5.74, 6) is -1.85. The van der Waals surface area contributed by atoms with Crippen molar-refractivity contribution in [1.29, 1.82) is 0 Å². The largest absolute Gasteiger partial charge is 0.618 e. The fourth-order valence-electron chi connectivity index (χ4n) is 2.30. The third-order valence-electron chi connectivity index (χ3n) is 3.76. The van der Waals surface area contributed by atoms with Gasteiger partial charge < -0.3 is 20.2 Å². The van der Waals surface area contributed by atoms with E-state index in [1.807, 2.05) is 19.1 Å². The Balaban J connectivity index is 1.89. The lowest BCUT2D eigenvalue weighted by Crippen LogP contribution is -2.43. The van der Waals surface area contributed by atoms with E-state index in [1.54, 1.807) is 12.1 Å². The number of nitrogens with one attached hydrogen (secondary N) is 1. The maximum Gasteiger partial charge on any atom is 0.405 e. The molecule has 2 aromatic rings. The van der Waals surface area contributed by atoms with Gasteiger partial charge in [0.05, 0.1) is 6.54 Å². The molecule has 142 valence electrons. The second kappa shape index (κ2) is 8.79. The molecule has 0 aliphatic rings. The van der Waals surface area contributed by atoms with E-state index in [0.29, 0.717) is 10.4 Å². The SMILES string of the molecule is Cc1ccc(NC(=O)CN(C)C(=O)[C@@H](C)OC(=O)c2cccc[n+]2[O-])cc1. The number of anilines is 1. The fraction of sp³-hybridized carbons (Fsp3) is 0.263. The number of aryl methyl sites for hydroxylation is 1. The molecule has 8 nitrogen and oxygen atoms in total. The molecule has 1 heterocycles. The molecule has 0 aliphatic carbocycles. The second-order valence-corrected chi connectivity index (χ2v) is 6.07. The Kier molecular flexibility index (Phi) is 6.48. The molecular formula is C19H21N3O5. The van der Waals surface area contributed by atoms with Crippen LogP contribution < -0.4 is 10.0 Å². The summed E-state index contributed by atoms with van der Waals surface area (Å²) in [4.78, 5) is 37.5. The zero-order valence-corrected chi connectivity index (χ0v) is 15.3. The quantitative estimate of drug-likeness (QED) is 0.468. The molecule has 1 aromatic carbocycles. The van der Waals surface area contributed by atoms with E-state index in [9.17, 15) is 19.6 Å². The number of carbonyl (C=O) groups excluding carboxylic acids is 3. The summed E-state index contributed by atoms with van der Waals surface area (Å²) < 4.78 is 5.39. The molecule has 0 aliphatic heterocycles. The van der Waals surface area contributed by atoms with Crippen molar-refractivity contribution in [3.8, 4) is 0 Å². The number of aromatic nitrogens is 1. The third kappa shape index (κ3) is 5.53. The van der Waals surface area contributed by atoms with Gasteiger partial charge in [0.15, 0.2) is 12.3 Å². The van der Waals surface area contributed by atoms with E-state index in [4.69, 9.17) is 4.74 Å². The minimum Gasteiger partial charge on any atom is -0.618 e. The van der Waals surface area contributed by atoms with Gasteiger partial charge >= 0.3 is 11.7 Å². The van der Waals surface area contributed by atoms with Crippen LogP contribution in [0.25, 0.3) is 0 Å². The summed E-state index contributed by atoms with van der Waals surface area (Å²) >= 11 is 0. The van der Waals surface area contributed by atoms with Crippen LogP contribution in [0.15, 0.2) is 48.7 Å². The number of likely N-dealkylation sites (N-methyl/N-ethyl adjacent to an activating group) is 1. The van der Waals surface area contributed by atoms with Gasteiger partial charge in [-0.1, -0.05) is 17.7 Å². The van der Waals surface area contributed by atoms with Crippen LogP contribution in [0.4, 0.5) is 5.69 Å². The number of benzene rings is 1. The standard InChI is InChI=1S/C19H21N3O5/c1-13-7-9-15(10-8-13)20-17(23)12-21(3)18(24)14(2)27-19(25)16-6-4-5-11-22(16)26/h4-11,14H,12H2,1-3H3,(H,20,23)/t14-/m1/s1. The third-order valence-corrected chi connectivity index (χ3v) is 3.76. The van der Waals surface area contributed by atoms with E-state index >= 15 is 0 Å². The van der Waals surface area contributed by atoms with Crippen LogP contribution in [-0.4, -0.2) is 42.4 Å². The lowest BCUT2D eigenvalue weighted by atomic mass is 10.2. The van der Waals surface area contributed by atoms with Crippen LogP contribution in [0.3, 0.4) is 0 Å². The molecular weight excluding hydrogens is 350 g/mol. The number of nitrogens with zero attached hydrogens (tertiary/aromatic N) is 2. The highest BCUT2D eigenvalue weighted by molar-refractivity contribution is 5.95. The van der Waals surface area contributed by atoms with Crippen molar-refractivity contribution < 1.29 is 23.9 Å². The van der Waals surface area contributed by atoms with Crippen LogP contribution in [-0.2, 0) is 14.3 Å². The summed E-state index contributed by atoms with van der Waals surface area (Å²) in [5, 5.41) is 14.2. The normalized spacial score (nSPS) is 11.4. The van der Waals surface area contributed by atoms with Crippen LogP contribution in [0, 0.1) is 12.1 Å². The average Bonchev–Trinajstić information content (AvgIpc) is 2.63. The van der Waals surface area contributed by atoms with Gasteiger partial charge in [-0.15, -0.1) is 0 Å². The van der Waals surface area contributed by atoms with Crippen LogP contribution >= 0.6 is 0 Å². The molecule has 2 rings (SSSR count). The molecule has 0 fully saturated rings. The molecule has 0 bridgehead atoms. The van der Waals surface area contributed by atoms with Crippen molar-refractivity contribution in [2.75, 3.05) is 18.9 Å². The molecule has 8 heteroatoms. The predicted molar refractivity (Wildman–Crippen MR) is 97.7 cm³/mol. The van der Waals surface area contributed by atoms with Crippen molar-refractivity contribution in [3.05, 3.63) is 65.1 Å². The van der Waals surface area contributed by atoms with Gasteiger partial charge in [-0.3, -0.25) is 9.59 Å². The Hall–Kier alpha value is -3.42. The van der Waals surface area contributed by atoms with Gasteiger partial charge in [-0.25, -0.2) is 4.79 Å². The number of hydrogen-bond acceptors (Lipinski definition) is 5. The summed E-state index contributed by atoms with van der Waals surface area (Å²) in [7, 11) is 1.43. The van der Waals surface area contributed by atoms with Gasteiger partial charge in [0.2, 0.25) is 5.91 Å². The fourth-order valence-corrected chi connectivity index (χ4v) is 2.30. The Morgan fingerprint density at radius 3 is 2.48 bits per heavy atom. The Labute approximate surface area is 156 Å². The van der Waals surface area contributed by atoms with E-state index in [1.165, 1.54) is 32.2 Å². The predicted octanol–water partition coefficient (Wildman–Crippen LogP) is 1.27. The topological polar surface area (TPSA) is 103 Å². The lowest BCUT2D eigenvalue weighted by molar-refractivity contribution is -0.608. The van der Waals surface area contributed by atoms with Gasteiger partial charge in [-0.2, -0.15) is 4.73 Å². The van der Waals surface area contributed by atoms with Gasteiger partial charge in [0.1, 0.15) is 0 Å². The molecule has 1 aromatic heterocycles. The summed E-state index contributed by atoms with van der Waals surface area (Å²) in [6, 6.07) is 11.5. The Morgan fingerprint density at radius 1 is 1.19 bits per heavy atom. The number of esters is 1. The first kappa shape index (κ1) is 19.9. The molecule has 0 radical (unpaired) electrons. The highest BCUT2D eigenvalue weighted by atomic mass is 16.6. The van der Waals surface area contributed by atoms with Crippen molar-refractivity contribution >= 4 is 23.5 Å². The molecule has 0 spiro atoms. The maximum absolute atomic E-state index is 12.3. The first-order chi connectivity index (χ1) is 12.8. The van der Waals surface area contributed by atoms with E-state index < -0.39 is 18.0 Å². The van der Waals surface area contributed by atoms with Crippen molar-refractivity contribution in [2.24, 2.45) is 0 Å². The Morgan fingerprint density at radius 2 is 1.85 bits per heavy atom. The zero-order valence-electron chi connectivity index (χ0n) is 15.3. The van der Waals surface area contributed by atoms with Crippen LogP contribution in [0.2, 0.25) is 0 Å². The average molecular weight is 371 g/mol. The molecule has 27 heavy (non-hydrogen) atoms. The van der Waals surface area contributed by atoms with Crippen LogP contribution in [0.5, 0.6) is 0 Å². The van der Waals surface area contributed by atoms with Crippen molar-refractivity contribution in [2.45, 2.75) is 20.0 Å². The van der Waals surface area contributed by atoms with E-state index in [2.05, 4.69) is 5.32 Å². The Bertz CT molecular complexity index is 835. The molecule has 2 amide bonds. The minimum atomic E-state index is -1.14. The van der Waals surface area contributed by atoms with E-state index in [0.717, 1.165) is 16.7 Å². The highest BCUT2D eigenvalue weighted by Crippen LogP contribution is 2.09. The van der Waals surface area contributed by atoms with Crippen LogP contribution in [0.1, 0.15) is 23.0 Å². The molecule has 1 atom stereocenters. The smallest absolute Gasteiger partial charge is 0.405 e. The first-order valence-corrected chi connectivity index (χ1v) is 8.28. The summed E-state index contributed by atoms with van der Waals surface area (Å²) in [6.45, 7) is 3.11.